The topological polar surface area (TPSA) is 77.1 Å². The Labute approximate surface area is 261 Å². The summed E-state index contributed by atoms with van der Waals surface area (Å²) in [5, 5.41) is 2.85. The Hall–Kier alpha value is -4.10. The molecule has 0 fully saturated rings. The SMILES string of the molecule is CC(C)CCOC(C)(C)CNC(=O)OCCN1c2ccccc2C(C)(C)C12C=Cc1cc(C(=O)c3ccccc3)ccc1O2. The Kier molecular flexibility index (Phi) is 8.89. The van der Waals surface area contributed by atoms with Gasteiger partial charge in [-0.1, -0.05) is 62.4 Å². The molecule has 44 heavy (non-hydrogen) atoms. The van der Waals surface area contributed by atoms with E-state index < -0.39 is 22.8 Å². The van der Waals surface area contributed by atoms with Crippen LogP contribution in [0.2, 0.25) is 0 Å². The number of hydrogen-bond donors (Lipinski definition) is 1. The average molecular weight is 597 g/mol. The van der Waals surface area contributed by atoms with Gasteiger partial charge < -0.3 is 24.4 Å². The molecule has 2 heterocycles. The summed E-state index contributed by atoms with van der Waals surface area (Å²) in [7, 11) is 0. The number of ketones is 1. The minimum atomic E-state index is -0.860. The molecule has 7 heteroatoms. The molecular formula is C37H44N2O5. The minimum Gasteiger partial charge on any atom is -0.463 e. The largest absolute Gasteiger partial charge is 0.463 e. The second kappa shape index (κ2) is 12.5. The molecule has 5 rings (SSSR count). The van der Waals surface area contributed by atoms with Crippen molar-refractivity contribution in [2.45, 2.75) is 64.7 Å². The van der Waals surface area contributed by atoms with Crippen molar-refractivity contribution in [1.82, 2.24) is 5.32 Å². The van der Waals surface area contributed by atoms with Gasteiger partial charge in [-0.25, -0.2) is 4.79 Å². The van der Waals surface area contributed by atoms with E-state index in [4.69, 9.17) is 14.2 Å². The van der Waals surface area contributed by atoms with Crippen molar-refractivity contribution < 1.29 is 23.8 Å². The van der Waals surface area contributed by atoms with Crippen LogP contribution in [-0.2, 0) is 14.9 Å². The summed E-state index contributed by atoms with van der Waals surface area (Å²) in [6, 6.07) is 23.1. The fourth-order valence-corrected chi connectivity index (χ4v) is 5.98. The lowest BCUT2D eigenvalue weighted by molar-refractivity contribution is -0.0207. The molecule has 1 spiro atoms. The number of carbonyl (C=O) groups is 2. The number of fused-ring (bicyclic) bond motifs is 2. The Balaban J connectivity index is 1.30. The van der Waals surface area contributed by atoms with Crippen molar-refractivity contribution in [3.63, 3.8) is 0 Å². The third-order valence-electron chi connectivity index (χ3n) is 8.62. The van der Waals surface area contributed by atoms with Crippen LogP contribution < -0.4 is 15.0 Å². The summed E-state index contributed by atoms with van der Waals surface area (Å²) >= 11 is 0. The fraction of sp³-hybridized carbons (Fsp3) is 0.405. The van der Waals surface area contributed by atoms with E-state index in [1.54, 1.807) is 0 Å². The maximum Gasteiger partial charge on any atom is 0.407 e. The van der Waals surface area contributed by atoms with E-state index in [1.165, 1.54) is 0 Å². The van der Waals surface area contributed by atoms with Crippen molar-refractivity contribution in [2.75, 3.05) is 31.2 Å². The third-order valence-corrected chi connectivity index (χ3v) is 8.62. The van der Waals surface area contributed by atoms with Crippen LogP contribution in [0.15, 0.2) is 78.9 Å². The number of carbonyl (C=O) groups excluding carboxylic acids is 2. The molecular weight excluding hydrogens is 552 g/mol. The van der Waals surface area contributed by atoms with Gasteiger partial charge in [-0.2, -0.15) is 0 Å². The molecule has 0 bridgehead atoms. The van der Waals surface area contributed by atoms with Crippen LogP contribution in [0.3, 0.4) is 0 Å². The summed E-state index contributed by atoms with van der Waals surface area (Å²) in [6.07, 6.45) is 4.60. The molecule has 1 atom stereocenters. The number of para-hydroxylation sites is 1. The maximum absolute atomic E-state index is 13.1. The molecule has 3 aromatic carbocycles. The number of benzene rings is 3. The maximum atomic E-state index is 13.1. The van der Waals surface area contributed by atoms with Gasteiger partial charge in [-0.15, -0.1) is 0 Å². The number of hydrogen-bond acceptors (Lipinski definition) is 6. The quantitative estimate of drug-likeness (QED) is 0.233. The molecule has 2 aliphatic heterocycles. The number of nitrogens with zero attached hydrogens (tertiary/aromatic N) is 1. The Morgan fingerprint density at radius 2 is 1.68 bits per heavy atom. The highest BCUT2D eigenvalue weighted by Gasteiger charge is 2.58. The molecule has 1 N–H and O–H groups in total. The summed E-state index contributed by atoms with van der Waals surface area (Å²) in [6.45, 7) is 14.2. The second-order valence-corrected chi connectivity index (χ2v) is 13.2. The second-order valence-electron chi connectivity index (χ2n) is 13.2. The molecule has 1 unspecified atom stereocenters. The van der Waals surface area contributed by atoms with Crippen molar-refractivity contribution in [1.29, 1.82) is 0 Å². The predicted octanol–water partition coefficient (Wildman–Crippen LogP) is 7.38. The first-order chi connectivity index (χ1) is 20.9. The summed E-state index contributed by atoms with van der Waals surface area (Å²) < 4.78 is 18.5. The molecule has 232 valence electrons. The monoisotopic (exact) mass is 596 g/mol. The van der Waals surface area contributed by atoms with Gasteiger partial charge >= 0.3 is 6.09 Å². The van der Waals surface area contributed by atoms with Crippen LogP contribution in [0.25, 0.3) is 6.08 Å². The Morgan fingerprint density at radius 1 is 0.955 bits per heavy atom. The van der Waals surface area contributed by atoms with E-state index in [9.17, 15) is 9.59 Å². The van der Waals surface area contributed by atoms with Crippen LogP contribution in [-0.4, -0.2) is 49.5 Å². The van der Waals surface area contributed by atoms with E-state index in [-0.39, 0.29) is 12.4 Å². The average Bonchev–Trinajstić information content (AvgIpc) is 3.18. The summed E-state index contributed by atoms with van der Waals surface area (Å²) in [4.78, 5) is 27.9. The van der Waals surface area contributed by atoms with Gasteiger partial charge in [0.15, 0.2) is 5.78 Å². The van der Waals surface area contributed by atoms with E-state index in [0.717, 1.165) is 23.2 Å². The van der Waals surface area contributed by atoms with Crippen LogP contribution in [0.5, 0.6) is 5.75 Å². The zero-order chi connectivity index (χ0) is 31.5. The van der Waals surface area contributed by atoms with E-state index in [1.807, 2.05) is 80.6 Å². The number of rotatable bonds is 11. The van der Waals surface area contributed by atoms with Crippen molar-refractivity contribution in [3.8, 4) is 5.75 Å². The van der Waals surface area contributed by atoms with Gasteiger partial charge in [0, 0.05) is 35.5 Å². The number of anilines is 1. The zero-order valence-electron chi connectivity index (χ0n) is 26.7. The lowest BCUT2D eigenvalue weighted by Gasteiger charge is -2.47. The molecule has 0 saturated heterocycles. The molecule has 0 aromatic heterocycles. The molecule has 2 aliphatic rings. The molecule has 3 aromatic rings. The van der Waals surface area contributed by atoms with E-state index in [2.05, 4.69) is 56.1 Å². The number of amides is 1. The molecule has 0 radical (unpaired) electrons. The first-order valence-electron chi connectivity index (χ1n) is 15.5. The molecule has 0 saturated carbocycles. The van der Waals surface area contributed by atoms with Crippen molar-refractivity contribution in [3.05, 3.63) is 101 Å². The smallest absolute Gasteiger partial charge is 0.407 e. The van der Waals surface area contributed by atoms with Gasteiger partial charge in [0.2, 0.25) is 5.72 Å². The first kappa shape index (κ1) is 31.3. The van der Waals surface area contributed by atoms with Gasteiger partial charge in [-0.05, 0) is 82.0 Å². The fourth-order valence-electron chi connectivity index (χ4n) is 5.98. The molecule has 7 nitrogen and oxygen atoms in total. The van der Waals surface area contributed by atoms with Gasteiger partial charge in [-0.3, -0.25) is 4.79 Å². The number of alkyl carbamates (subject to hydrolysis) is 1. The summed E-state index contributed by atoms with van der Waals surface area (Å²) in [5.41, 5.74) is 2.50. The van der Waals surface area contributed by atoms with Crippen LogP contribution in [0.4, 0.5) is 10.5 Å². The normalized spacial score (nSPS) is 18.1. The zero-order valence-corrected chi connectivity index (χ0v) is 26.7. The minimum absolute atomic E-state index is 0.0294. The first-order valence-corrected chi connectivity index (χ1v) is 15.5. The van der Waals surface area contributed by atoms with Crippen molar-refractivity contribution in [2.24, 2.45) is 5.92 Å². The lowest BCUT2D eigenvalue weighted by atomic mass is 9.76. The highest BCUT2D eigenvalue weighted by Crippen LogP contribution is 2.54. The predicted molar refractivity (Wildman–Crippen MR) is 174 cm³/mol. The highest BCUT2D eigenvalue weighted by molar-refractivity contribution is 6.09. The van der Waals surface area contributed by atoms with E-state index >= 15 is 0 Å². The molecule has 0 aliphatic carbocycles. The standard InChI is InChI=1S/C37H44N2O5/c1-26(2)19-22-43-35(3,4)25-38-34(41)42-23-21-39-31-15-11-10-14-30(31)36(5,6)37(39)20-18-28-24-29(16-17-32(28)44-37)33(40)27-12-8-7-9-13-27/h7-18,20,24,26H,19,21-23,25H2,1-6H3,(H,38,41). The number of nitrogens with one attached hydrogen (secondary N) is 1. The lowest BCUT2D eigenvalue weighted by Crippen LogP contribution is -2.60. The summed E-state index contributed by atoms with van der Waals surface area (Å²) in [5.74, 6) is 1.23. The van der Waals surface area contributed by atoms with Crippen LogP contribution >= 0.6 is 0 Å². The van der Waals surface area contributed by atoms with Crippen molar-refractivity contribution >= 4 is 23.6 Å². The molecule has 1 amide bonds. The third kappa shape index (κ3) is 6.25. The number of ether oxygens (including phenoxy) is 3. The highest BCUT2D eigenvalue weighted by atomic mass is 16.6. The van der Waals surface area contributed by atoms with E-state index in [0.29, 0.717) is 42.5 Å². The van der Waals surface area contributed by atoms with Gasteiger partial charge in [0.05, 0.1) is 17.6 Å². The van der Waals surface area contributed by atoms with Gasteiger partial charge in [0.25, 0.3) is 0 Å². The Morgan fingerprint density at radius 3 is 2.43 bits per heavy atom. The van der Waals surface area contributed by atoms with Gasteiger partial charge in [0.1, 0.15) is 12.4 Å². The Bertz CT molecular complexity index is 1530. The van der Waals surface area contributed by atoms with Crippen LogP contribution in [0.1, 0.15) is 75.0 Å². The van der Waals surface area contributed by atoms with Crippen LogP contribution in [0, 0.1) is 5.92 Å².